The van der Waals surface area contributed by atoms with Crippen LogP contribution in [-0.2, 0) is 21.5 Å². The Morgan fingerprint density at radius 3 is 1.78 bits per heavy atom. The van der Waals surface area contributed by atoms with Crippen molar-refractivity contribution in [3.8, 4) is 0 Å². The fraction of sp³-hybridized carbons (Fsp3) is 0.467. The van der Waals surface area contributed by atoms with Crippen LogP contribution in [0.15, 0.2) is 24.3 Å². The lowest BCUT2D eigenvalue weighted by Gasteiger charge is -2.21. The minimum atomic E-state index is -0.220. The Kier molecular flexibility index (Phi) is 4.28. The van der Waals surface area contributed by atoms with Gasteiger partial charge in [-0.3, -0.25) is 14.5 Å². The number of carbonyl (C=O) groups is 2. The Morgan fingerprint density at radius 1 is 1.00 bits per heavy atom. The molecular formula is C15H21NO2. The lowest BCUT2D eigenvalue weighted by molar-refractivity contribution is -0.142. The molecule has 2 amide bonds. The standard InChI is InChI=1S/C15H21NO2/c1-11(17)16(12(2)18)10-13-6-8-14(9-7-13)15(3,4)5/h6-9H,10H2,1-5H3. The van der Waals surface area contributed by atoms with Gasteiger partial charge in [-0.25, -0.2) is 0 Å². The molecule has 18 heavy (non-hydrogen) atoms. The van der Waals surface area contributed by atoms with Crippen LogP contribution < -0.4 is 0 Å². The minimum absolute atomic E-state index is 0.110. The fourth-order valence-electron chi connectivity index (χ4n) is 1.74. The number of amides is 2. The number of carbonyl (C=O) groups excluding carboxylic acids is 2. The van der Waals surface area contributed by atoms with Gasteiger partial charge in [0.15, 0.2) is 0 Å². The molecule has 3 heteroatoms. The van der Waals surface area contributed by atoms with Crippen LogP contribution in [0.1, 0.15) is 45.7 Å². The topological polar surface area (TPSA) is 37.4 Å². The molecule has 1 aromatic carbocycles. The highest BCUT2D eigenvalue weighted by atomic mass is 16.2. The molecule has 0 spiro atoms. The molecule has 0 bridgehead atoms. The van der Waals surface area contributed by atoms with Crippen molar-refractivity contribution >= 4 is 11.8 Å². The predicted molar refractivity (Wildman–Crippen MR) is 72.0 cm³/mol. The minimum Gasteiger partial charge on any atom is -0.279 e. The lowest BCUT2D eigenvalue weighted by atomic mass is 9.87. The maximum atomic E-state index is 11.3. The summed E-state index contributed by atoms with van der Waals surface area (Å²) >= 11 is 0. The molecule has 0 aliphatic heterocycles. The van der Waals surface area contributed by atoms with Crippen molar-refractivity contribution in [2.45, 2.75) is 46.6 Å². The number of rotatable bonds is 2. The van der Waals surface area contributed by atoms with E-state index in [2.05, 4.69) is 20.8 Å². The van der Waals surface area contributed by atoms with Gasteiger partial charge in [0.05, 0.1) is 6.54 Å². The summed E-state index contributed by atoms with van der Waals surface area (Å²) in [5.74, 6) is -0.440. The van der Waals surface area contributed by atoms with Crippen molar-refractivity contribution in [3.63, 3.8) is 0 Å². The second kappa shape index (κ2) is 5.34. The largest absolute Gasteiger partial charge is 0.279 e. The Hall–Kier alpha value is -1.64. The Balaban J connectivity index is 2.86. The van der Waals surface area contributed by atoms with Gasteiger partial charge in [0.1, 0.15) is 0 Å². The molecule has 0 unspecified atom stereocenters. The maximum Gasteiger partial charge on any atom is 0.226 e. The molecule has 1 rings (SSSR count). The second-order valence-corrected chi connectivity index (χ2v) is 5.57. The van der Waals surface area contributed by atoms with Gasteiger partial charge in [-0.1, -0.05) is 45.0 Å². The van der Waals surface area contributed by atoms with E-state index in [-0.39, 0.29) is 17.2 Å². The molecule has 0 atom stereocenters. The predicted octanol–water partition coefficient (Wildman–Crippen LogP) is 2.88. The summed E-state index contributed by atoms with van der Waals surface area (Å²) in [5.41, 5.74) is 2.32. The van der Waals surface area contributed by atoms with E-state index in [0.717, 1.165) is 5.56 Å². The van der Waals surface area contributed by atoms with Gasteiger partial charge < -0.3 is 0 Å². The first-order chi connectivity index (χ1) is 8.21. The van der Waals surface area contributed by atoms with Crippen molar-refractivity contribution in [2.24, 2.45) is 0 Å². The number of hydrogen-bond donors (Lipinski definition) is 0. The maximum absolute atomic E-state index is 11.3. The Morgan fingerprint density at radius 2 is 1.44 bits per heavy atom. The van der Waals surface area contributed by atoms with Gasteiger partial charge >= 0.3 is 0 Å². The SMILES string of the molecule is CC(=O)N(Cc1ccc(C(C)(C)C)cc1)C(C)=O. The normalized spacial score (nSPS) is 11.2. The summed E-state index contributed by atoms with van der Waals surface area (Å²) < 4.78 is 0. The van der Waals surface area contributed by atoms with Crippen LogP contribution in [0.5, 0.6) is 0 Å². The zero-order valence-electron chi connectivity index (χ0n) is 11.8. The molecule has 98 valence electrons. The Bertz CT molecular complexity index is 427. The van der Waals surface area contributed by atoms with E-state index in [4.69, 9.17) is 0 Å². The molecule has 0 aromatic heterocycles. The second-order valence-electron chi connectivity index (χ2n) is 5.57. The molecule has 1 aromatic rings. The third-order valence-corrected chi connectivity index (χ3v) is 2.92. The molecule has 0 aliphatic rings. The molecule has 0 saturated heterocycles. The highest BCUT2D eigenvalue weighted by Crippen LogP contribution is 2.22. The fourth-order valence-corrected chi connectivity index (χ4v) is 1.74. The van der Waals surface area contributed by atoms with Crippen LogP contribution >= 0.6 is 0 Å². The molecule has 0 radical (unpaired) electrons. The Labute approximate surface area is 109 Å². The molecule has 0 N–H and O–H groups in total. The molecule has 0 fully saturated rings. The van der Waals surface area contributed by atoms with Crippen molar-refractivity contribution in [2.75, 3.05) is 0 Å². The van der Waals surface area contributed by atoms with Crippen LogP contribution in [0.4, 0.5) is 0 Å². The van der Waals surface area contributed by atoms with E-state index in [9.17, 15) is 9.59 Å². The van der Waals surface area contributed by atoms with Crippen molar-refractivity contribution in [1.82, 2.24) is 4.90 Å². The van der Waals surface area contributed by atoms with Crippen LogP contribution in [0.2, 0.25) is 0 Å². The van der Waals surface area contributed by atoms with E-state index < -0.39 is 0 Å². The van der Waals surface area contributed by atoms with Gasteiger partial charge in [-0.05, 0) is 16.5 Å². The zero-order valence-corrected chi connectivity index (χ0v) is 11.8. The summed E-state index contributed by atoms with van der Waals surface area (Å²) in [4.78, 5) is 23.9. The van der Waals surface area contributed by atoms with E-state index in [1.54, 1.807) is 0 Å². The monoisotopic (exact) mass is 247 g/mol. The van der Waals surface area contributed by atoms with Gasteiger partial charge in [-0.2, -0.15) is 0 Å². The lowest BCUT2D eigenvalue weighted by Crippen LogP contribution is -2.32. The van der Waals surface area contributed by atoms with Crippen LogP contribution in [0.3, 0.4) is 0 Å². The molecule has 0 aliphatic carbocycles. The third kappa shape index (κ3) is 3.69. The van der Waals surface area contributed by atoms with Crippen LogP contribution in [0.25, 0.3) is 0 Å². The zero-order chi connectivity index (χ0) is 13.9. The number of hydrogen-bond acceptors (Lipinski definition) is 2. The van der Waals surface area contributed by atoms with Gasteiger partial charge in [0.2, 0.25) is 11.8 Å². The van der Waals surface area contributed by atoms with Gasteiger partial charge in [0, 0.05) is 13.8 Å². The first-order valence-electron chi connectivity index (χ1n) is 6.10. The average molecular weight is 247 g/mol. The van der Waals surface area contributed by atoms with E-state index in [1.165, 1.54) is 24.3 Å². The smallest absolute Gasteiger partial charge is 0.226 e. The van der Waals surface area contributed by atoms with Crippen molar-refractivity contribution in [1.29, 1.82) is 0 Å². The third-order valence-electron chi connectivity index (χ3n) is 2.92. The number of nitrogens with zero attached hydrogens (tertiary/aromatic N) is 1. The van der Waals surface area contributed by atoms with E-state index in [0.29, 0.717) is 6.54 Å². The highest BCUT2D eigenvalue weighted by Gasteiger charge is 2.16. The van der Waals surface area contributed by atoms with Crippen molar-refractivity contribution < 1.29 is 9.59 Å². The summed E-state index contributed by atoms with van der Waals surface area (Å²) in [7, 11) is 0. The van der Waals surface area contributed by atoms with Crippen LogP contribution in [-0.4, -0.2) is 16.7 Å². The molecular weight excluding hydrogens is 226 g/mol. The first kappa shape index (κ1) is 14.4. The molecule has 0 saturated carbocycles. The highest BCUT2D eigenvalue weighted by molar-refractivity contribution is 5.92. The quantitative estimate of drug-likeness (QED) is 0.806. The number of imide groups is 1. The van der Waals surface area contributed by atoms with E-state index >= 15 is 0 Å². The first-order valence-corrected chi connectivity index (χ1v) is 6.10. The summed E-state index contributed by atoms with van der Waals surface area (Å²) in [6, 6.07) is 8.04. The van der Waals surface area contributed by atoms with Gasteiger partial charge in [0.25, 0.3) is 0 Å². The van der Waals surface area contributed by atoms with Crippen LogP contribution in [0, 0.1) is 0 Å². The average Bonchev–Trinajstić information content (AvgIpc) is 2.24. The summed E-state index contributed by atoms with van der Waals surface area (Å²) in [6.45, 7) is 9.61. The molecule has 0 heterocycles. The van der Waals surface area contributed by atoms with Crippen molar-refractivity contribution in [3.05, 3.63) is 35.4 Å². The van der Waals surface area contributed by atoms with Gasteiger partial charge in [-0.15, -0.1) is 0 Å². The number of benzene rings is 1. The summed E-state index contributed by atoms with van der Waals surface area (Å²) in [6.07, 6.45) is 0. The summed E-state index contributed by atoms with van der Waals surface area (Å²) in [5, 5.41) is 0. The molecule has 3 nitrogen and oxygen atoms in total. The van der Waals surface area contributed by atoms with E-state index in [1.807, 2.05) is 24.3 Å².